The molecule has 0 aromatic rings. The Kier molecular flexibility index (Phi) is 2.65. The van der Waals surface area contributed by atoms with Crippen molar-refractivity contribution < 1.29 is 14.7 Å². The van der Waals surface area contributed by atoms with Gasteiger partial charge in [-0.05, 0) is 13.5 Å². The minimum absolute atomic E-state index is 0.201. The Morgan fingerprint density at radius 1 is 1.50 bits per heavy atom. The van der Waals surface area contributed by atoms with Crippen LogP contribution >= 0.6 is 0 Å². The number of carboxylic acid groups (broad SMARTS) is 1. The third-order valence-electron chi connectivity index (χ3n) is 1.86. The average Bonchev–Trinajstić information content (AvgIpc) is 2.10. The number of likely N-dealkylation sites (N-methyl/N-ethyl adjacent to an activating group) is 1. The van der Waals surface area contributed by atoms with Crippen molar-refractivity contribution in [3.05, 3.63) is 0 Å². The van der Waals surface area contributed by atoms with Gasteiger partial charge < -0.3 is 5.11 Å². The summed E-state index contributed by atoms with van der Waals surface area (Å²) in [6.07, 6.45) is -0.426. The van der Waals surface area contributed by atoms with Gasteiger partial charge in [0.15, 0.2) is 0 Å². The van der Waals surface area contributed by atoms with E-state index < -0.39 is 6.09 Å². The Bertz CT molecular complexity index is 205. The zero-order valence-corrected chi connectivity index (χ0v) is 6.99. The first-order chi connectivity index (χ1) is 5.61. The first kappa shape index (κ1) is 8.99. The molecule has 1 aliphatic heterocycles. The summed E-state index contributed by atoms with van der Waals surface area (Å²) in [5, 5.41) is 8.61. The Hall–Kier alpha value is -1.10. The van der Waals surface area contributed by atoms with E-state index in [9.17, 15) is 9.59 Å². The van der Waals surface area contributed by atoms with Crippen LogP contribution in [0.4, 0.5) is 4.79 Å². The molecular formula is C7H12N2O3. The van der Waals surface area contributed by atoms with Crippen molar-refractivity contribution in [3.8, 4) is 0 Å². The molecule has 1 N–H and O–H groups in total. The van der Waals surface area contributed by atoms with E-state index in [2.05, 4.69) is 0 Å². The van der Waals surface area contributed by atoms with Gasteiger partial charge in [0.05, 0.1) is 6.54 Å². The normalized spacial score (nSPS) is 20.8. The van der Waals surface area contributed by atoms with Gasteiger partial charge in [0.25, 0.3) is 0 Å². The lowest BCUT2D eigenvalue weighted by molar-refractivity contribution is -0.128. The summed E-state index contributed by atoms with van der Waals surface area (Å²) in [5.74, 6) is -0.331. The fraction of sp³-hybridized carbons (Fsp3) is 0.714. The molecule has 1 aliphatic rings. The predicted molar refractivity (Wildman–Crippen MR) is 41.9 cm³/mol. The lowest BCUT2D eigenvalue weighted by atomic mass is 10.4. The molecule has 0 spiro atoms. The SMILES string of the molecule is CN1CCCN(C(=O)O)C(=O)C1. The number of carbonyl (C=O) groups is 2. The standard InChI is InChI=1S/C7H12N2O3/c1-8-3-2-4-9(7(11)12)6(10)5-8/h2-5H2,1H3,(H,11,12). The van der Waals surface area contributed by atoms with Crippen molar-refractivity contribution in [1.29, 1.82) is 0 Å². The van der Waals surface area contributed by atoms with Gasteiger partial charge in [-0.15, -0.1) is 0 Å². The van der Waals surface area contributed by atoms with Crippen molar-refractivity contribution in [2.75, 3.05) is 26.7 Å². The molecular weight excluding hydrogens is 160 g/mol. The van der Waals surface area contributed by atoms with Crippen LogP contribution in [0.3, 0.4) is 0 Å². The second kappa shape index (κ2) is 3.53. The van der Waals surface area contributed by atoms with Crippen molar-refractivity contribution in [2.45, 2.75) is 6.42 Å². The summed E-state index contributed by atoms with van der Waals surface area (Å²) in [6, 6.07) is 0. The molecule has 0 saturated carbocycles. The van der Waals surface area contributed by atoms with Gasteiger partial charge in [-0.1, -0.05) is 0 Å². The Balaban J connectivity index is 2.64. The van der Waals surface area contributed by atoms with Crippen LogP contribution in [0, 0.1) is 0 Å². The van der Waals surface area contributed by atoms with E-state index in [1.807, 2.05) is 11.9 Å². The number of carbonyl (C=O) groups excluding carboxylic acids is 1. The second-order valence-electron chi connectivity index (χ2n) is 2.92. The molecule has 5 heteroatoms. The molecule has 1 fully saturated rings. The number of nitrogens with zero attached hydrogens (tertiary/aromatic N) is 2. The Labute approximate surface area is 70.6 Å². The highest BCUT2D eigenvalue weighted by atomic mass is 16.4. The molecule has 0 radical (unpaired) electrons. The highest BCUT2D eigenvalue weighted by molar-refractivity contribution is 5.92. The molecule has 0 bridgehead atoms. The van der Waals surface area contributed by atoms with Crippen LogP contribution < -0.4 is 0 Å². The lowest BCUT2D eigenvalue weighted by Crippen LogP contribution is -2.38. The van der Waals surface area contributed by atoms with E-state index in [4.69, 9.17) is 5.11 Å². The third-order valence-corrected chi connectivity index (χ3v) is 1.86. The number of imide groups is 1. The smallest absolute Gasteiger partial charge is 0.414 e. The lowest BCUT2D eigenvalue weighted by Gasteiger charge is -2.14. The third kappa shape index (κ3) is 1.94. The largest absolute Gasteiger partial charge is 0.465 e. The van der Waals surface area contributed by atoms with Gasteiger partial charge in [0, 0.05) is 13.1 Å². The fourth-order valence-electron chi connectivity index (χ4n) is 1.22. The van der Waals surface area contributed by atoms with Gasteiger partial charge in [-0.25, -0.2) is 9.69 Å². The molecule has 0 unspecified atom stereocenters. The minimum atomic E-state index is -1.14. The monoisotopic (exact) mass is 172 g/mol. The Morgan fingerprint density at radius 2 is 2.17 bits per heavy atom. The maximum Gasteiger partial charge on any atom is 0.414 e. The van der Waals surface area contributed by atoms with Crippen LogP contribution in [0.5, 0.6) is 0 Å². The summed E-state index contributed by atoms with van der Waals surface area (Å²) in [5.41, 5.74) is 0. The van der Waals surface area contributed by atoms with Gasteiger partial charge in [0.2, 0.25) is 5.91 Å². The molecule has 0 aromatic heterocycles. The van der Waals surface area contributed by atoms with E-state index in [-0.39, 0.29) is 12.5 Å². The maximum atomic E-state index is 11.2. The second-order valence-corrected chi connectivity index (χ2v) is 2.92. The molecule has 1 saturated heterocycles. The van der Waals surface area contributed by atoms with Crippen LogP contribution in [0.1, 0.15) is 6.42 Å². The summed E-state index contributed by atoms with van der Waals surface area (Å²) in [6.45, 7) is 1.29. The van der Waals surface area contributed by atoms with Crippen LogP contribution in [0.2, 0.25) is 0 Å². The highest BCUT2D eigenvalue weighted by Gasteiger charge is 2.24. The first-order valence-electron chi connectivity index (χ1n) is 3.83. The number of hydrogen-bond acceptors (Lipinski definition) is 3. The highest BCUT2D eigenvalue weighted by Crippen LogP contribution is 2.02. The molecule has 0 atom stereocenters. The minimum Gasteiger partial charge on any atom is -0.465 e. The quantitative estimate of drug-likeness (QED) is 0.551. The van der Waals surface area contributed by atoms with Crippen LogP contribution in [0.25, 0.3) is 0 Å². The van der Waals surface area contributed by atoms with Crippen LogP contribution in [-0.4, -0.2) is 53.6 Å². The van der Waals surface area contributed by atoms with E-state index >= 15 is 0 Å². The topological polar surface area (TPSA) is 60.9 Å². The van der Waals surface area contributed by atoms with Gasteiger partial charge in [-0.2, -0.15) is 0 Å². The zero-order valence-electron chi connectivity index (χ0n) is 6.99. The van der Waals surface area contributed by atoms with E-state index in [1.165, 1.54) is 0 Å². The molecule has 0 aromatic carbocycles. The van der Waals surface area contributed by atoms with E-state index in [0.717, 1.165) is 11.4 Å². The number of hydrogen-bond donors (Lipinski definition) is 1. The average molecular weight is 172 g/mol. The Morgan fingerprint density at radius 3 is 2.75 bits per heavy atom. The molecule has 5 nitrogen and oxygen atoms in total. The van der Waals surface area contributed by atoms with Gasteiger partial charge >= 0.3 is 6.09 Å². The van der Waals surface area contributed by atoms with Crippen molar-refractivity contribution in [1.82, 2.24) is 9.80 Å². The molecule has 1 heterocycles. The summed E-state index contributed by atoms with van der Waals surface area (Å²) in [7, 11) is 1.81. The summed E-state index contributed by atoms with van der Waals surface area (Å²) < 4.78 is 0. The molecule has 12 heavy (non-hydrogen) atoms. The zero-order chi connectivity index (χ0) is 9.14. The summed E-state index contributed by atoms with van der Waals surface area (Å²) >= 11 is 0. The maximum absolute atomic E-state index is 11.2. The molecule has 0 aliphatic carbocycles. The van der Waals surface area contributed by atoms with Crippen molar-refractivity contribution >= 4 is 12.0 Å². The molecule has 1 rings (SSSR count). The van der Waals surface area contributed by atoms with Crippen molar-refractivity contribution in [2.24, 2.45) is 0 Å². The molecule has 2 amide bonds. The van der Waals surface area contributed by atoms with E-state index in [0.29, 0.717) is 13.0 Å². The summed E-state index contributed by atoms with van der Waals surface area (Å²) in [4.78, 5) is 24.4. The number of amides is 2. The predicted octanol–water partition coefficient (Wildman–Crippen LogP) is -0.172. The van der Waals surface area contributed by atoms with Crippen LogP contribution in [-0.2, 0) is 4.79 Å². The van der Waals surface area contributed by atoms with Gasteiger partial charge in [-0.3, -0.25) is 9.69 Å². The van der Waals surface area contributed by atoms with Crippen molar-refractivity contribution in [3.63, 3.8) is 0 Å². The first-order valence-corrected chi connectivity index (χ1v) is 3.83. The fourth-order valence-corrected chi connectivity index (χ4v) is 1.22. The van der Waals surface area contributed by atoms with Crippen LogP contribution in [0.15, 0.2) is 0 Å². The molecule has 68 valence electrons. The number of rotatable bonds is 0. The van der Waals surface area contributed by atoms with E-state index in [1.54, 1.807) is 0 Å². The van der Waals surface area contributed by atoms with Gasteiger partial charge in [0.1, 0.15) is 0 Å².